The third-order valence-electron chi connectivity index (χ3n) is 5.31. The number of carbonyl (C=O) groups is 2. The van der Waals surface area contributed by atoms with Crippen molar-refractivity contribution < 1.29 is 14.7 Å². The average molecular weight is 392 g/mol. The number of fused-ring (bicyclic) bond motifs is 1. The van der Waals surface area contributed by atoms with Gasteiger partial charge in [-0.2, -0.15) is 5.10 Å². The second-order valence-corrected chi connectivity index (χ2v) is 7.80. The van der Waals surface area contributed by atoms with Gasteiger partial charge in [0.1, 0.15) is 6.04 Å². The van der Waals surface area contributed by atoms with Crippen molar-refractivity contribution >= 4 is 22.9 Å². The molecule has 7 nitrogen and oxygen atoms in total. The molecule has 3 aromatic rings. The molecule has 1 aromatic carbocycles. The van der Waals surface area contributed by atoms with Crippen LogP contribution in [0.5, 0.6) is 0 Å². The minimum Gasteiger partial charge on any atom is -0.480 e. The van der Waals surface area contributed by atoms with E-state index in [-0.39, 0.29) is 18.0 Å². The standard InChI is InChI=1S/C22H24N4O3/c1-13(2)26-20-18(12-23-26)17(11-19(24-20)15-7-5-4-6-8-15)21(27)25(16-9-10-16)14(3)22(28)29/h4-8,11-14,16H,9-10H2,1-3H3,(H,28,29). The lowest BCUT2D eigenvalue weighted by atomic mass is 10.0. The predicted molar refractivity (Wildman–Crippen MR) is 110 cm³/mol. The van der Waals surface area contributed by atoms with Gasteiger partial charge in [-0.15, -0.1) is 0 Å². The van der Waals surface area contributed by atoms with Gasteiger partial charge < -0.3 is 10.0 Å². The lowest BCUT2D eigenvalue weighted by Crippen LogP contribution is -2.44. The molecule has 1 N–H and O–H groups in total. The summed E-state index contributed by atoms with van der Waals surface area (Å²) >= 11 is 0. The number of nitrogens with zero attached hydrogens (tertiary/aromatic N) is 4. The zero-order valence-corrected chi connectivity index (χ0v) is 16.7. The first kappa shape index (κ1) is 19.1. The van der Waals surface area contributed by atoms with Gasteiger partial charge in [-0.3, -0.25) is 4.79 Å². The summed E-state index contributed by atoms with van der Waals surface area (Å²) in [5, 5.41) is 14.6. The van der Waals surface area contributed by atoms with Crippen LogP contribution < -0.4 is 0 Å². The summed E-state index contributed by atoms with van der Waals surface area (Å²) < 4.78 is 1.79. The van der Waals surface area contributed by atoms with Crippen molar-refractivity contribution in [2.24, 2.45) is 0 Å². The van der Waals surface area contributed by atoms with Crippen LogP contribution in [-0.2, 0) is 4.79 Å². The molecule has 0 spiro atoms. The van der Waals surface area contributed by atoms with E-state index in [1.54, 1.807) is 23.9 Å². The van der Waals surface area contributed by atoms with Crippen molar-refractivity contribution in [2.75, 3.05) is 0 Å². The number of aliphatic carboxylic acids is 1. The topological polar surface area (TPSA) is 88.3 Å². The molecule has 0 aliphatic heterocycles. The van der Waals surface area contributed by atoms with Gasteiger partial charge >= 0.3 is 5.97 Å². The van der Waals surface area contributed by atoms with E-state index in [1.807, 2.05) is 44.2 Å². The number of rotatable bonds is 6. The van der Waals surface area contributed by atoms with Gasteiger partial charge in [0.15, 0.2) is 5.65 Å². The Morgan fingerprint density at radius 1 is 1.17 bits per heavy atom. The Kier molecular flexibility index (Phi) is 4.82. The summed E-state index contributed by atoms with van der Waals surface area (Å²) in [7, 11) is 0. The molecular weight excluding hydrogens is 368 g/mol. The third kappa shape index (κ3) is 3.48. The lowest BCUT2D eigenvalue weighted by Gasteiger charge is -2.27. The highest BCUT2D eigenvalue weighted by molar-refractivity contribution is 6.07. The number of pyridine rings is 1. The molecule has 4 rings (SSSR count). The maximum absolute atomic E-state index is 13.5. The summed E-state index contributed by atoms with van der Waals surface area (Å²) in [5.41, 5.74) is 2.64. The SMILES string of the molecule is CC(C(=O)O)N(C(=O)c1cc(-c2ccccc2)nc2c1cnn2C(C)C)C1CC1. The Hall–Kier alpha value is -3.22. The Morgan fingerprint density at radius 2 is 1.86 bits per heavy atom. The second kappa shape index (κ2) is 7.31. The summed E-state index contributed by atoms with van der Waals surface area (Å²) in [6, 6.07) is 10.6. The first-order valence-electron chi connectivity index (χ1n) is 9.87. The molecule has 1 fully saturated rings. The second-order valence-electron chi connectivity index (χ2n) is 7.80. The van der Waals surface area contributed by atoms with Crippen molar-refractivity contribution in [3.05, 3.63) is 48.2 Å². The molecule has 2 heterocycles. The Morgan fingerprint density at radius 3 is 2.45 bits per heavy atom. The highest BCUT2D eigenvalue weighted by atomic mass is 16.4. The fourth-order valence-corrected chi connectivity index (χ4v) is 3.60. The molecule has 0 saturated heterocycles. The van der Waals surface area contributed by atoms with E-state index in [4.69, 9.17) is 4.98 Å². The molecule has 1 aliphatic carbocycles. The Labute approximate surface area is 169 Å². The lowest BCUT2D eigenvalue weighted by molar-refractivity contribution is -0.141. The first-order valence-corrected chi connectivity index (χ1v) is 9.87. The highest BCUT2D eigenvalue weighted by Gasteiger charge is 2.39. The van der Waals surface area contributed by atoms with Crippen molar-refractivity contribution in [2.45, 2.75) is 51.7 Å². The Balaban J connectivity index is 1.90. The molecular formula is C22H24N4O3. The molecule has 7 heteroatoms. The first-order chi connectivity index (χ1) is 13.9. The van der Waals surface area contributed by atoms with Gasteiger partial charge in [-0.1, -0.05) is 30.3 Å². The number of carboxylic acids is 1. The van der Waals surface area contributed by atoms with Crippen LogP contribution in [0.1, 0.15) is 50.0 Å². The highest BCUT2D eigenvalue weighted by Crippen LogP contribution is 2.33. The van der Waals surface area contributed by atoms with Crippen molar-refractivity contribution in [1.82, 2.24) is 19.7 Å². The van der Waals surface area contributed by atoms with E-state index < -0.39 is 12.0 Å². The molecule has 2 aromatic heterocycles. The van der Waals surface area contributed by atoms with Gasteiger partial charge in [0, 0.05) is 17.6 Å². The summed E-state index contributed by atoms with van der Waals surface area (Å²) in [4.78, 5) is 31.5. The van der Waals surface area contributed by atoms with Crippen LogP contribution in [0.15, 0.2) is 42.6 Å². The van der Waals surface area contributed by atoms with Gasteiger partial charge in [0.2, 0.25) is 0 Å². The monoisotopic (exact) mass is 392 g/mol. The van der Waals surface area contributed by atoms with Crippen LogP contribution in [0.2, 0.25) is 0 Å². The summed E-state index contributed by atoms with van der Waals surface area (Å²) in [6.07, 6.45) is 3.31. The Bertz CT molecular complexity index is 1070. The zero-order valence-electron chi connectivity index (χ0n) is 16.7. The van der Waals surface area contributed by atoms with Crippen LogP contribution in [0, 0.1) is 0 Å². The largest absolute Gasteiger partial charge is 0.480 e. The maximum atomic E-state index is 13.5. The minimum atomic E-state index is -1.00. The van der Waals surface area contributed by atoms with Gasteiger partial charge in [-0.25, -0.2) is 14.5 Å². The van der Waals surface area contributed by atoms with Crippen LogP contribution in [-0.4, -0.2) is 48.7 Å². The number of benzene rings is 1. The quantitative estimate of drug-likeness (QED) is 0.690. The van der Waals surface area contributed by atoms with Crippen LogP contribution in [0.4, 0.5) is 0 Å². The molecule has 1 aliphatic rings. The molecule has 0 bridgehead atoms. The van der Waals surface area contributed by atoms with Crippen LogP contribution >= 0.6 is 0 Å². The molecule has 1 saturated carbocycles. The number of aromatic nitrogens is 3. The number of hydrogen-bond donors (Lipinski definition) is 1. The van der Waals surface area contributed by atoms with Crippen molar-refractivity contribution in [1.29, 1.82) is 0 Å². The van der Waals surface area contributed by atoms with E-state index in [1.165, 1.54) is 4.90 Å². The fraction of sp³-hybridized carbons (Fsp3) is 0.364. The number of carboxylic acid groups (broad SMARTS) is 1. The third-order valence-corrected chi connectivity index (χ3v) is 5.31. The van der Waals surface area contributed by atoms with Crippen molar-refractivity contribution in [3.8, 4) is 11.3 Å². The normalized spacial score (nSPS) is 14.9. The van der Waals surface area contributed by atoms with Gasteiger partial charge in [0.25, 0.3) is 5.91 Å². The smallest absolute Gasteiger partial charge is 0.326 e. The van der Waals surface area contributed by atoms with Crippen LogP contribution in [0.25, 0.3) is 22.3 Å². The van der Waals surface area contributed by atoms with E-state index >= 15 is 0 Å². The molecule has 0 radical (unpaired) electrons. The van der Waals surface area contributed by atoms with E-state index in [0.717, 1.165) is 18.4 Å². The summed E-state index contributed by atoms with van der Waals surface area (Å²) in [6.45, 7) is 5.58. The molecule has 29 heavy (non-hydrogen) atoms. The summed E-state index contributed by atoms with van der Waals surface area (Å²) in [5.74, 6) is -1.29. The number of carbonyl (C=O) groups excluding carboxylic acids is 1. The molecule has 150 valence electrons. The average Bonchev–Trinajstić information content (AvgIpc) is 3.44. The zero-order chi connectivity index (χ0) is 20.7. The van der Waals surface area contributed by atoms with E-state index in [0.29, 0.717) is 22.3 Å². The molecule has 1 amide bonds. The minimum absolute atomic E-state index is 0.0304. The maximum Gasteiger partial charge on any atom is 0.326 e. The number of hydrogen-bond acceptors (Lipinski definition) is 4. The van der Waals surface area contributed by atoms with Gasteiger partial charge in [-0.05, 0) is 39.7 Å². The van der Waals surface area contributed by atoms with Gasteiger partial charge in [0.05, 0.1) is 22.8 Å². The van der Waals surface area contributed by atoms with E-state index in [2.05, 4.69) is 5.10 Å². The fourth-order valence-electron chi connectivity index (χ4n) is 3.60. The molecule has 1 unspecified atom stereocenters. The van der Waals surface area contributed by atoms with Crippen molar-refractivity contribution in [3.63, 3.8) is 0 Å². The van der Waals surface area contributed by atoms with Crippen LogP contribution in [0.3, 0.4) is 0 Å². The van der Waals surface area contributed by atoms with E-state index in [9.17, 15) is 14.7 Å². The number of amides is 1. The molecule has 1 atom stereocenters. The predicted octanol–water partition coefficient (Wildman–Crippen LogP) is 3.76.